The minimum Gasteiger partial charge on any atom is -0.494 e. The van der Waals surface area contributed by atoms with Crippen LogP contribution in [-0.4, -0.2) is 19.5 Å². The molecule has 1 rings (SSSR count). The number of H-pyrrole nitrogens is 1. The molecule has 0 saturated heterocycles. The second-order valence-electron chi connectivity index (χ2n) is 2.59. The van der Waals surface area contributed by atoms with Crippen molar-refractivity contribution in [2.75, 3.05) is 0 Å². The number of aromatic amines is 1. The first kappa shape index (κ1) is 9.66. The second-order valence-corrected chi connectivity index (χ2v) is 3.28. The lowest BCUT2D eigenvalue weighted by atomic mass is 10.4. The van der Waals surface area contributed by atoms with Gasteiger partial charge in [-0.15, -0.1) is 0 Å². The third kappa shape index (κ3) is 2.25. The Morgan fingerprint density at radius 1 is 1.69 bits per heavy atom. The molecule has 5 nitrogen and oxygen atoms in total. The summed E-state index contributed by atoms with van der Waals surface area (Å²) in [4.78, 5) is 24.3. The SMILES string of the molecule is CC(=S)Cn1c(O)cc(=O)[nH]c1=O. The maximum Gasteiger partial charge on any atom is 0.331 e. The van der Waals surface area contributed by atoms with Crippen LogP contribution in [0.1, 0.15) is 6.92 Å². The van der Waals surface area contributed by atoms with Crippen molar-refractivity contribution in [2.24, 2.45) is 0 Å². The summed E-state index contributed by atoms with van der Waals surface area (Å²) < 4.78 is 0.990. The lowest BCUT2D eigenvalue weighted by Crippen LogP contribution is -2.30. The Balaban J connectivity index is 3.29. The highest BCUT2D eigenvalue weighted by Crippen LogP contribution is 1.99. The fourth-order valence-electron chi connectivity index (χ4n) is 0.884. The number of nitrogens with zero attached hydrogens (tertiary/aromatic N) is 1. The van der Waals surface area contributed by atoms with Gasteiger partial charge in [-0.2, -0.15) is 0 Å². The number of rotatable bonds is 2. The maximum atomic E-state index is 11.1. The first-order valence-corrected chi connectivity index (χ1v) is 3.94. The molecule has 2 N–H and O–H groups in total. The summed E-state index contributed by atoms with van der Waals surface area (Å²) in [6.45, 7) is 1.77. The lowest BCUT2D eigenvalue weighted by Gasteiger charge is -2.04. The maximum absolute atomic E-state index is 11.1. The van der Waals surface area contributed by atoms with Gasteiger partial charge in [-0.05, 0) is 6.92 Å². The van der Waals surface area contributed by atoms with Crippen LogP contribution < -0.4 is 11.2 Å². The number of nitrogens with one attached hydrogen (secondary N) is 1. The van der Waals surface area contributed by atoms with Gasteiger partial charge in [-0.1, -0.05) is 12.2 Å². The van der Waals surface area contributed by atoms with E-state index in [1.807, 2.05) is 4.98 Å². The zero-order chi connectivity index (χ0) is 10.0. The first-order valence-electron chi connectivity index (χ1n) is 3.53. The smallest absolute Gasteiger partial charge is 0.331 e. The van der Waals surface area contributed by atoms with Crippen molar-refractivity contribution >= 4 is 17.1 Å². The summed E-state index contributed by atoms with van der Waals surface area (Å²) in [5, 5.41) is 9.20. The Morgan fingerprint density at radius 2 is 2.31 bits per heavy atom. The predicted octanol–water partition coefficient (Wildman–Crippen LogP) is -0.368. The molecule has 0 aliphatic carbocycles. The molecule has 1 aromatic heterocycles. The fraction of sp³-hybridized carbons (Fsp3) is 0.286. The summed E-state index contributed by atoms with van der Waals surface area (Å²) in [7, 11) is 0. The molecule has 13 heavy (non-hydrogen) atoms. The van der Waals surface area contributed by atoms with Gasteiger partial charge >= 0.3 is 5.69 Å². The average molecular weight is 200 g/mol. The molecule has 0 spiro atoms. The van der Waals surface area contributed by atoms with Gasteiger partial charge < -0.3 is 5.11 Å². The lowest BCUT2D eigenvalue weighted by molar-refractivity contribution is 0.414. The van der Waals surface area contributed by atoms with E-state index in [0.29, 0.717) is 4.86 Å². The van der Waals surface area contributed by atoms with Crippen molar-refractivity contribution in [3.8, 4) is 5.88 Å². The molecule has 0 aromatic carbocycles. The molecule has 0 aliphatic rings. The molecule has 0 aliphatic heterocycles. The number of hydrogen-bond acceptors (Lipinski definition) is 4. The Kier molecular flexibility index (Phi) is 2.62. The number of thiocarbonyl (C=S) groups is 1. The van der Waals surface area contributed by atoms with E-state index in [1.165, 1.54) is 0 Å². The largest absolute Gasteiger partial charge is 0.494 e. The van der Waals surface area contributed by atoms with E-state index < -0.39 is 11.2 Å². The molecule has 0 radical (unpaired) electrons. The van der Waals surface area contributed by atoms with E-state index in [4.69, 9.17) is 12.2 Å². The van der Waals surface area contributed by atoms with E-state index >= 15 is 0 Å². The number of aromatic nitrogens is 2. The molecule has 0 saturated carbocycles. The van der Waals surface area contributed by atoms with Crippen molar-refractivity contribution in [3.63, 3.8) is 0 Å². The van der Waals surface area contributed by atoms with Crippen LogP contribution in [0.4, 0.5) is 0 Å². The summed E-state index contributed by atoms with van der Waals surface area (Å²) in [5.74, 6) is -0.377. The van der Waals surface area contributed by atoms with Gasteiger partial charge in [0.05, 0.1) is 12.6 Å². The molecule has 70 valence electrons. The molecular weight excluding hydrogens is 192 g/mol. The third-order valence-electron chi connectivity index (χ3n) is 1.39. The molecule has 0 bridgehead atoms. The van der Waals surface area contributed by atoms with Crippen molar-refractivity contribution in [1.82, 2.24) is 9.55 Å². The highest BCUT2D eigenvalue weighted by molar-refractivity contribution is 7.80. The van der Waals surface area contributed by atoms with E-state index in [2.05, 4.69) is 0 Å². The van der Waals surface area contributed by atoms with E-state index in [1.54, 1.807) is 6.92 Å². The molecule has 1 heterocycles. The minimum absolute atomic E-state index is 0.122. The number of hydrogen-bond donors (Lipinski definition) is 2. The van der Waals surface area contributed by atoms with Crippen LogP contribution >= 0.6 is 12.2 Å². The van der Waals surface area contributed by atoms with Crippen LogP contribution in [0.2, 0.25) is 0 Å². The van der Waals surface area contributed by atoms with E-state index in [-0.39, 0.29) is 12.4 Å². The van der Waals surface area contributed by atoms with Crippen LogP contribution in [0.5, 0.6) is 5.88 Å². The van der Waals surface area contributed by atoms with E-state index in [0.717, 1.165) is 10.6 Å². The van der Waals surface area contributed by atoms with Crippen LogP contribution in [-0.2, 0) is 6.54 Å². The molecule has 0 atom stereocenters. The van der Waals surface area contributed by atoms with Crippen molar-refractivity contribution in [2.45, 2.75) is 13.5 Å². The minimum atomic E-state index is -0.658. The van der Waals surface area contributed by atoms with Crippen molar-refractivity contribution in [1.29, 1.82) is 0 Å². The van der Waals surface area contributed by atoms with Gasteiger partial charge in [0.2, 0.25) is 5.88 Å². The topological polar surface area (TPSA) is 75.1 Å². The van der Waals surface area contributed by atoms with Gasteiger partial charge in [0, 0.05) is 4.86 Å². The van der Waals surface area contributed by atoms with Gasteiger partial charge in [-0.3, -0.25) is 14.3 Å². The molecule has 1 aromatic rings. The Hall–Kier alpha value is -1.43. The van der Waals surface area contributed by atoms with E-state index in [9.17, 15) is 14.7 Å². The molecule has 0 amide bonds. The summed E-state index contributed by atoms with van der Waals surface area (Å²) >= 11 is 4.77. The van der Waals surface area contributed by atoms with Crippen molar-refractivity contribution < 1.29 is 5.11 Å². The molecular formula is C7H8N2O3S. The standard InChI is InChI=1S/C7H8N2O3S/c1-4(13)3-9-6(11)2-5(10)8-7(9)12/h2,11H,3H2,1H3,(H,8,10,12). The monoisotopic (exact) mass is 200 g/mol. The van der Waals surface area contributed by atoms with Crippen molar-refractivity contribution in [3.05, 3.63) is 26.9 Å². The Labute approximate surface area is 78.7 Å². The zero-order valence-corrected chi connectivity index (χ0v) is 7.72. The normalized spacial score (nSPS) is 9.92. The van der Waals surface area contributed by atoms with Gasteiger partial charge in [-0.25, -0.2) is 4.79 Å². The fourth-order valence-corrected chi connectivity index (χ4v) is 1.01. The van der Waals surface area contributed by atoms with Crippen LogP contribution in [0, 0.1) is 0 Å². The zero-order valence-electron chi connectivity index (χ0n) is 6.90. The molecule has 0 unspecified atom stereocenters. The third-order valence-corrected chi connectivity index (χ3v) is 1.52. The molecule has 6 heteroatoms. The van der Waals surface area contributed by atoms with Crippen LogP contribution in [0.3, 0.4) is 0 Å². The first-order chi connectivity index (χ1) is 6.00. The highest BCUT2D eigenvalue weighted by Gasteiger charge is 2.03. The van der Waals surface area contributed by atoms with Gasteiger partial charge in [0.15, 0.2) is 0 Å². The highest BCUT2D eigenvalue weighted by atomic mass is 32.1. The Bertz CT molecular complexity index is 446. The average Bonchev–Trinajstić information content (AvgIpc) is 1.96. The second kappa shape index (κ2) is 3.53. The number of aromatic hydroxyl groups is 1. The van der Waals surface area contributed by atoms with Gasteiger partial charge in [0.25, 0.3) is 5.56 Å². The predicted molar refractivity (Wildman–Crippen MR) is 51.3 cm³/mol. The summed E-state index contributed by atoms with van der Waals surface area (Å²) in [5.41, 5.74) is -1.28. The summed E-state index contributed by atoms with van der Waals surface area (Å²) in [6.07, 6.45) is 0. The molecule has 0 fully saturated rings. The van der Waals surface area contributed by atoms with Crippen LogP contribution in [0.15, 0.2) is 15.7 Å². The summed E-state index contributed by atoms with van der Waals surface area (Å²) in [6, 6.07) is 0.930. The Morgan fingerprint density at radius 3 is 2.77 bits per heavy atom. The van der Waals surface area contributed by atoms with Gasteiger partial charge in [0.1, 0.15) is 0 Å². The quantitative estimate of drug-likeness (QED) is 0.639. The van der Waals surface area contributed by atoms with Crippen LogP contribution in [0.25, 0.3) is 0 Å².